The van der Waals surface area contributed by atoms with Crippen molar-refractivity contribution in [2.75, 3.05) is 24.5 Å². The molecule has 1 saturated heterocycles. The summed E-state index contributed by atoms with van der Waals surface area (Å²) in [6.45, 7) is -0.104. The van der Waals surface area contributed by atoms with E-state index in [1.807, 2.05) is 22.3 Å². The molecule has 7 heteroatoms. The monoisotopic (exact) mass is 287 g/mol. The van der Waals surface area contributed by atoms with E-state index in [9.17, 15) is 18.0 Å². The number of alkyl halides is 3. The Morgan fingerprint density at radius 1 is 1.45 bits per heavy atom. The Bertz CT molecular complexity index is 450. The molecule has 2 rings (SSSR count). The number of nitrogens with one attached hydrogen (secondary N) is 1. The van der Waals surface area contributed by atoms with Gasteiger partial charge in [0.05, 0.1) is 5.92 Å². The van der Waals surface area contributed by atoms with E-state index in [0.29, 0.717) is 13.0 Å². The van der Waals surface area contributed by atoms with Gasteiger partial charge < -0.3 is 10.2 Å². The average Bonchev–Trinajstić information content (AvgIpc) is 2.45. The third kappa shape index (κ3) is 4.11. The molecule has 20 heavy (non-hydrogen) atoms. The molecular weight excluding hydrogens is 271 g/mol. The van der Waals surface area contributed by atoms with E-state index in [1.165, 1.54) is 0 Å². The third-order valence-corrected chi connectivity index (χ3v) is 3.23. The summed E-state index contributed by atoms with van der Waals surface area (Å²) in [5.41, 5.74) is 0. The quantitative estimate of drug-likeness (QED) is 0.924. The smallest absolute Gasteiger partial charge is 0.356 e. The van der Waals surface area contributed by atoms with Gasteiger partial charge in [-0.1, -0.05) is 6.07 Å². The van der Waals surface area contributed by atoms with Crippen molar-refractivity contribution < 1.29 is 18.0 Å². The van der Waals surface area contributed by atoms with Gasteiger partial charge in [-0.3, -0.25) is 4.79 Å². The predicted molar refractivity (Wildman–Crippen MR) is 68.2 cm³/mol. The summed E-state index contributed by atoms with van der Waals surface area (Å²) in [6, 6.07) is 5.46. The molecule has 1 N–H and O–H groups in total. The van der Waals surface area contributed by atoms with Crippen molar-refractivity contribution in [3.63, 3.8) is 0 Å². The molecule has 0 saturated carbocycles. The number of anilines is 1. The van der Waals surface area contributed by atoms with Crippen molar-refractivity contribution in [3.05, 3.63) is 24.4 Å². The van der Waals surface area contributed by atoms with Crippen LogP contribution < -0.4 is 10.2 Å². The number of amides is 1. The molecule has 1 fully saturated rings. The van der Waals surface area contributed by atoms with E-state index in [1.54, 1.807) is 12.3 Å². The summed E-state index contributed by atoms with van der Waals surface area (Å²) >= 11 is 0. The first kappa shape index (κ1) is 14.6. The van der Waals surface area contributed by atoms with Crippen LogP contribution in [-0.4, -0.2) is 36.7 Å². The zero-order valence-electron chi connectivity index (χ0n) is 10.9. The van der Waals surface area contributed by atoms with Gasteiger partial charge in [-0.25, -0.2) is 4.98 Å². The zero-order valence-corrected chi connectivity index (χ0v) is 10.9. The molecule has 0 radical (unpaired) electrons. The first-order chi connectivity index (χ1) is 9.46. The zero-order chi connectivity index (χ0) is 14.6. The Hall–Kier alpha value is -1.79. The lowest BCUT2D eigenvalue weighted by molar-refractivity contribution is -0.140. The largest absolute Gasteiger partial charge is 0.405 e. The van der Waals surface area contributed by atoms with Gasteiger partial charge in [0.1, 0.15) is 12.4 Å². The highest BCUT2D eigenvalue weighted by Gasteiger charge is 2.31. The average molecular weight is 287 g/mol. The van der Waals surface area contributed by atoms with Gasteiger partial charge in [0, 0.05) is 19.3 Å². The van der Waals surface area contributed by atoms with Crippen molar-refractivity contribution in [2.45, 2.75) is 19.0 Å². The van der Waals surface area contributed by atoms with E-state index in [-0.39, 0.29) is 0 Å². The Labute approximate surface area is 115 Å². The van der Waals surface area contributed by atoms with E-state index in [4.69, 9.17) is 0 Å². The highest BCUT2D eigenvalue weighted by molar-refractivity contribution is 5.79. The van der Waals surface area contributed by atoms with Gasteiger partial charge in [0.2, 0.25) is 5.91 Å². The molecule has 2 heterocycles. The summed E-state index contributed by atoms with van der Waals surface area (Å²) in [6.07, 6.45) is -1.35. The highest BCUT2D eigenvalue weighted by Crippen LogP contribution is 2.22. The van der Waals surface area contributed by atoms with E-state index in [0.717, 1.165) is 18.8 Å². The van der Waals surface area contributed by atoms with Crippen LogP contribution in [0.3, 0.4) is 0 Å². The molecule has 0 spiro atoms. The lowest BCUT2D eigenvalue weighted by atomic mass is 9.97. The summed E-state index contributed by atoms with van der Waals surface area (Å²) in [5.74, 6) is -0.211. The van der Waals surface area contributed by atoms with E-state index < -0.39 is 24.5 Å². The summed E-state index contributed by atoms with van der Waals surface area (Å²) in [5, 5.41) is 1.95. The van der Waals surface area contributed by atoms with Gasteiger partial charge in [0.25, 0.3) is 0 Å². The molecule has 1 amide bonds. The molecule has 4 nitrogen and oxygen atoms in total. The van der Waals surface area contributed by atoms with Crippen molar-refractivity contribution in [3.8, 4) is 0 Å². The van der Waals surface area contributed by atoms with Gasteiger partial charge in [-0.2, -0.15) is 13.2 Å². The molecule has 110 valence electrons. The maximum absolute atomic E-state index is 12.1. The highest BCUT2D eigenvalue weighted by atomic mass is 19.4. The number of halogens is 3. The topological polar surface area (TPSA) is 45.2 Å². The van der Waals surface area contributed by atoms with Gasteiger partial charge in [-0.05, 0) is 25.0 Å². The number of aromatic nitrogens is 1. The molecular formula is C13H16F3N3O. The lowest BCUT2D eigenvalue weighted by Crippen LogP contribution is -2.45. The normalized spacial score (nSPS) is 19.8. The number of nitrogens with zero attached hydrogens (tertiary/aromatic N) is 2. The first-order valence-corrected chi connectivity index (χ1v) is 6.46. The van der Waals surface area contributed by atoms with Crippen LogP contribution in [-0.2, 0) is 4.79 Å². The summed E-state index contributed by atoms with van der Waals surface area (Å²) < 4.78 is 36.3. The van der Waals surface area contributed by atoms with Crippen molar-refractivity contribution in [1.29, 1.82) is 0 Å². The second-order valence-corrected chi connectivity index (χ2v) is 4.81. The third-order valence-electron chi connectivity index (χ3n) is 3.23. The van der Waals surface area contributed by atoms with Crippen LogP contribution in [0.2, 0.25) is 0 Å². The Morgan fingerprint density at radius 2 is 2.25 bits per heavy atom. The number of carbonyl (C=O) groups excluding carboxylic acids is 1. The molecule has 1 atom stereocenters. The molecule has 1 aromatic rings. The second-order valence-electron chi connectivity index (χ2n) is 4.81. The number of piperidine rings is 1. The maximum atomic E-state index is 12.1. The number of hydrogen-bond donors (Lipinski definition) is 1. The van der Waals surface area contributed by atoms with Crippen molar-refractivity contribution >= 4 is 11.7 Å². The van der Waals surface area contributed by atoms with E-state index in [2.05, 4.69) is 4.98 Å². The minimum Gasteiger partial charge on any atom is -0.356 e. The first-order valence-electron chi connectivity index (χ1n) is 6.46. The Balaban J connectivity index is 1.92. The Morgan fingerprint density at radius 3 is 2.90 bits per heavy atom. The minimum absolute atomic E-state index is 0.403. The number of pyridine rings is 1. The van der Waals surface area contributed by atoms with Crippen LogP contribution >= 0.6 is 0 Å². The second kappa shape index (κ2) is 6.11. The molecule has 1 aromatic heterocycles. The maximum Gasteiger partial charge on any atom is 0.405 e. The molecule has 1 aliphatic rings. The molecule has 1 unspecified atom stereocenters. The van der Waals surface area contributed by atoms with Crippen LogP contribution in [0.15, 0.2) is 24.4 Å². The van der Waals surface area contributed by atoms with Gasteiger partial charge >= 0.3 is 6.18 Å². The van der Waals surface area contributed by atoms with E-state index >= 15 is 0 Å². The van der Waals surface area contributed by atoms with Gasteiger partial charge in [0.15, 0.2) is 0 Å². The molecule has 0 bridgehead atoms. The van der Waals surface area contributed by atoms with Crippen LogP contribution in [0.5, 0.6) is 0 Å². The minimum atomic E-state index is -4.37. The standard InChI is InChI=1S/C13H16F3N3O/c14-13(15,16)9-18-12(20)10-4-3-7-19(8-10)11-5-1-2-6-17-11/h1-2,5-6,10H,3-4,7-9H2,(H,18,20). The van der Waals surface area contributed by atoms with Crippen LogP contribution in [0.25, 0.3) is 0 Å². The predicted octanol–water partition coefficient (Wildman–Crippen LogP) is 1.98. The lowest BCUT2D eigenvalue weighted by Gasteiger charge is -2.32. The SMILES string of the molecule is O=C(NCC(F)(F)F)C1CCCN(c2ccccn2)C1. The van der Waals surface area contributed by atoms with Crippen LogP contribution in [0, 0.1) is 5.92 Å². The fraction of sp³-hybridized carbons (Fsp3) is 0.538. The van der Waals surface area contributed by atoms with Crippen molar-refractivity contribution in [1.82, 2.24) is 10.3 Å². The fourth-order valence-corrected chi connectivity index (χ4v) is 2.27. The summed E-state index contributed by atoms with van der Waals surface area (Å²) in [7, 11) is 0. The summed E-state index contributed by atoms with van der Waals surface area (Å²) in [4.78, 5) is 17.9. The number of hydrogen-bond acceptors (Lipinski definition) is 3. The van der Waals surface area contributed by atoms with Crippen molar-refractivity contribution in [2.24, 2.45) is 5.92 Å². The van der Waals surface area contributed by atoms with Crippen LogP contribution in [0.4, 0.5) is 19.0 Å². The number of rotatable bonds is 3. The molecule has 1 aliphatic heterocycles. The van der Waals surface area contributed by atoms with Crippen LogP contribution in [0.1, 0.15) is 12.8 Å². The van der Waals surface area contributed by atoms with Gasteiger partial charge in [-0.15, -0.1) is 0 Å². The fourth-order valence-electron chi connectivity index (χ4n) is 2.27. The molecule has 0 aromatic carbocycles. The number of carbonyl (C=O) groups is 1. The molecule has 0 aliphatic carbocycles. The Kier molecular flexibility index (Phi) is 4.46.